The molecule has 1 aliphatic heterocycles. The van der Waals surface area contributed by atoms with E-state index in [0.717, 1.165) is 0 Å². The zero-order valence-electron chi connectivity index (χ0n) is 20.3. The van der Waals surface area contributed by atoms with Gasteiger partial charge in [0.25, 0.3) is 0 Å². The van der Waals surface area contributed by atoms with E-state index in [-0.39, 0.29) is 0 Å². The van der Waals surface area contributed by atoms with Crippen LogP contribution in [0.1, 0.15) is 72.8 Å². The second kappa shape index (κ2) is 7.94. The minimum Gasteiger partial charge on any atom is -0.361 e. The van der Waals surface area contributed by atoms with E-state index in [2.05, 4.69) is 108 Å². The monoisotopic (exact) mass is 428 g/mol. The molecule has 0 saturated carbocycles. The fourth-order valence-corrected chi connectivity index (χ4v) is 8.06. The quantitative estimate of drug-likeness (QED) is 0.411. The summed E-state index contributed by atoms with van der Waals surface area (Å²) < 4.78 is 5.55. The van der Waals surface area contributed by atoms with Gasteiger partial charge in [-0.3, -0.25) is 0 Å². The van der Waals surface area contributed by atoms with Crippen LogP contribution in [0.15, 0.2) is 53.2 Å². The van der Waals surface area contributed by atoms with E-state index in [1.54, 1.807) is 0 Å². The highest BCUT2D eigenvalue weighted by atomic mass is 28.3. The Morgan fingerprint density at radius 2 is 1.32 bits per heavy atom. The third-order valence-corrected chi connectivity index (χ3v) is 9.45. The number of fused-ring (bicyclic) bond motifs is 1. The molecule has 31 heavy (non-hydrogen) atoms. The van der Waals surface area contributed by atoms with Crippen molar-refractivity contribution in [1.82, 2.24) is 4.98 Å². The molecule has 0 amide bonds. The Morgan fingerprint density at radius 1 is 0.774 bits per heavy atom. The van der Waals surface area contributed by atoms with Crippen LogP contribution in [0.25, 0.3) is 11.1 Å². The molecule has 2 heterocycles. The van der Waals surface area contributed by atoms with Crippen molar-refractivity contribution in [3.63, 3.8) is 0 Å². The molecule has 0 fully saturated rings. The number of hydrogen-bond donors (Lipinski definition) is 1. The maximum atomic E-state index is 5.55. The fourth-order valence-electron chi connectivity index (χ4n) is 5.01. The lowest BCUT2D eigenvalue weighted by molar-refractivity contribution is 0.821. The molecule has 4 rings (SSSR count). The van der Waals surface area contributed by atoms with Gasteiger partial charge in [0.15, 0.2) is 8.24 Å². The number of aryl methyl sites for hydroxylation is 2. The van der Waals surface area contributed by atoms with Crippen molar-refractivity contribution in [3.05, 3.63) is 82.2 Å². The minimum absolute atomic E-state index is 0.335. The van der Waals surface area contributed by atoms with Gasteiger partial charge in [-0.15, -0.1) is 0 Å². The summed E-state index contributed by atoms with van der Waals surface area (Å²) in [6.07, 6.45) is 0. The molecule has 1 N–H and O–H groups in total. The van der Waals surface area contributed by atoms with Crippen LogP contribution in [-0.2, 0) is 0 Å². The smallest absolute Gasteiger partial charge is 0.188 e. The zero-order chi connectivity index (χ0) is 22.5. The maximum Gasteiger partial charge on any atom is 0.188 e. The summed E-state index contributed by atoms with van der Waals surface area (Å²) in [7, 11) is -1.95. The number of benzene rings is 2. The summed E-state index contributed by atoms with van der Waals surface area (Å²) in [4.78, 5) is 3.97. The van der Waals surface area contributed by atoms with Crippen LogP contribution in [-0.4, -0.2) is 18.9 Å². The van der Waals surface area contributed by atoms with Crippen LogP contribution < -0.4 is 0 Å². The van der Waals surface area contributed by atoms with Crippen molar-refractivity contribution in [2.45, 2.75) is 66.1 Å². The summed E-state index contributed by atoms with van der Waals surface area (Å²) >= 11 is 0. The first-order valence-corrected chi connectivity index (χ1v) is 14.6. The molecule has 2 aromatic carbocycles. The number of nitrogens with one attached hydrogen (secondary N) is 1. The van der Waals surface area contributed by atoms with Crippen molar-refractivity contribution < 1.29 is 0 Å². The van der Waals surface area contributed by atoms with Gasteiger partial charge in [0.1, 0.15) is 0 Å². The molecule has 3 heteroatoms. The number of H-pyrrole nitrogens is 1. The molecule has 3 aromatic rings. The standard InChI is InChI=1S/C28H36N2Si/c1-17(2)25-23(21-13-9-19(5)10-14-21)24-26(18(3)4)30-31(7,8)28(27(24)29-25)22-15-11-20(6)12-16-22/h9-18,28-29H,1-8H3. The van der Waals surface area contributed by atoms with Crippen molar-refractivity contribution in [2.75, 3.05) is 0 Å². The topological polar surface area (TPSA) is 28.1 Å². The van der Waals surface area contributed by atoms with Crippen LogP contribution >= 0.6 is 0 Å². The number of aromatic amines is 1. The molecule has 0 spiro atoms. The van der Waals surface area contributed by atoms with Crippen LogP contribution in [0, 0.1) is 19.8 Å². The molecule has 162 valence electrons. The molecule has 0 saturated heterocycles. The summed E-state index contributed by atoms with van der Waals surface area (Å²) in [5, 5.41) is 0. The van der Waals surface area contributed by atoms with Crippen LogP contribution in [0.2, 0.25) is 13.1 Å². The summed E-state index contributed by atoms with van der Waals surface area (Å²) in [5.74, 6) is 0.809. The molecule has 0 radical (unpaired) electrons. The lowest BCUT2D eigenvalue weighted by atomic mass is 9.88. The summed E-state index contributed by atoms with van der Waals surface area (Å²) in [6, 6.07) is 18.1. The Kier molecular flexibility index (Phi) is 5.59. The summed E-state index contributed by atoms with van der Waals surface area (Å²) in [5.41, 5.74) is 12.4. The minimum atomic E-state index is -1.95. The van der Waals surface area contributed by atoms with Crippen LogP contribution in [0.3, 0.4) is 0 Å². The number of nitrogens with zero attached hydrogens (tertiary/aromatic N) is 1. The highest BCUT2D eigenvalue weighted by Gasteiger charge is 2.44. The lowest BCUT2D eigenvalue weighted by Gasteiger charge is -2.36. The highest BCUT2D eigenvalue weighted by Crippen LogP contribution is 2.46. The van der Waals surface area contributed by atoms with Crippen LogP contribution in [0.4, 0.5) is 0 Å². The predicted molar refractivity (Wildman–Crippen MR) is 137 cm³/mol. The van der Waals surface area contributed by atoms with Gasteiger partial charge < -0.3 is 9.64 Å². The molecular formula is C28H36N2Si. The van der Waals surface area contributed by atoms with Gasteiger partial charge in [0, 0.05) is 33.8 Å². The van der Waals surface area contributed by atoms with Crippen molar-refractivity contribution in [2.24, 2.45) is 10.6 Å². The molecular weight excluding hydrogens is 392 g/mol. The van der Waals surface area contributed by atoms with Crippen molar-refractivity contribution in [3.8, 4) is 11.1 Å². The lowest BCUT2D eigenvalue weighted by Crippen LogP contribution is -2.41. The van der Waals surface area contributed by atoms with Gasteiger partial charge in [0.2, 0.25) is 0 Å². The highest BCUT2D eigenvalue weighted by molar-refractivity contribution is 6.79. The number of hydrogen-bond acceptors (Lipinski definition) is 1. The maximum absolute atomic E-state index is 5.55. The fraction of sp³-hybridized carbons (Fsp3) is 0.393. The van der Waals surface area contributed by atoms with E-state index in [1.165, 1.54) is 50.5 Å². The van der Waals surface area contributed by atoms with E-state index in [4.69, 9.17) is 4.66 Å². The molecule has 2 nitrogen and oxygen atoms in total. The molecule has 1 aromatic heterocycles. The second-order valence-corrected chi connectivity index (χ2v) is 14.5. The molecule has 1 aliphatic rings. The predicted octanol–water partition coefficient (Wildman–Crippen LogP) is 7.76. The Labute approximate surface area is 188 Å². The SMILES string of the molecule is Cc1ccc(-c2c(C(C)C)[nH]c3c2C(C(C)C)=N[Si](C)(C)C3c2ccc(C)cc2)cc1. The van der Waals surface area contributed by atoms with Gasteiger partial charge in [0.05, 0.1) is 0 Å². The number of aromatic nitrogens is 1. The first-order valence-electron chi connectivity index (χ1n) is 11.6. The molecule has 1 atom stereocenters. The second-order valence-electron chi connectivity index (χ2n) is 10.4. The molecule has 1 unspecified atom stereocenters. The van der Waals surface area contributed by atoms with Gasteiger partial charge in [-0.25, -0.2) is 0 Å². The van der Waals surface area contributed by atoms with Gasteiger partial charge in [-0.2, -0.15) is 0 Å². The van der Waals surface area contributed by atoms with E-state index < -0.39 is 8.24 Å². The van der Waals surface area contributed by atoms with Gasteiger partial charge >= 0.3 is 0 Å². The molecule has 0 aliphatic carbocycles. The largest absolute Gasteiger partial charge is 0.361 e. The third kappa shape index (κ3) is 3.85. The Morgan fingerprint density at radius 3 is 1.84 bits per heavy atom. The normalized spacial score (nSPS) is 17.7. The van der Waals surface area contributed by atoms with E-state index in [9.17, 15) is 0 Å². The van der Waals surface area contributed by atoms with E-state index in [1.807, 2.05) is 0 Å². The van der Waals surface area contributed by atoms with Gasteiger partial charge in [-0.1, -0.05) is 87.4 Å². The Balaban J connectivity index is 2.05. The first kappa shape index (κ1) is 21.8. The number of rotatable bonds is 4. The third-order valence-electron chi connectivity index (χ3n) is 6.59. The van der Waals surface area contributed by atoms with Gasteiger partial charge in [-0.05, 0) is 49.9 Å². The van der Waals surface area contributed by atoms with E-state index in [0.29, 0.717) is 17.4 Å². The summed E-state index contributed by atoms with van der Waals surface area (Å²) in [6.45, 7) is 18.3. The van der Waals surface area contributed by atoms with E-state index >= 15 is 0 Å². The Hall–Kier alpha value is -2.39. The Bertz CT molecular complexity index is 1110. The zero-order valence-corrected chi connectivity index (χ0v) is 21.3. The van der Waals surface area contributed by atoms with Crippen molar-refractivity contribution in [1.29, 1.82) is 0 Å². The average Bonchev–Trinajstić information content (AvgIpc) is 3.08. The van der Waals surface area contributed by atoms with Crippen molar-refractivity contribution >= 4 is 13.9 Å². The first-order chi connectivity index (χ1) is 14.6. The average molecular weight is 429 g/mol. The van der Waals surface area contributed by atoms with Crippen LogP contribution in [0.5, 0.6) is 0 Å². The molecule has 0 bridgehead atoms.